The number of aryl methyl sites for hydroxylation is 1. The smallest absolute Gasteiger partial charge is 0.240 e. The Balaban J connectivity index is 1.40. The van der Waals surface area contributed by atoms with Gasteiger partial charge in [0.1, 0.15) is 12.2 Å². The van der Waals surface area contributed by atoms with Crippen LogP contribution in [0, 0.1) is 63.1 Å². The lowest BCUT2D eigenvalue weighted by molar-refractivity contribution is -0.166. The Bertz CT molecular complexity index is 1430. The molecular weight excluding hydrogens is 502 g/mol. The number of hydrogen-bond acceptors (Lipinski definition) is 7. The van der Waals surface area contributed by atoms with Gasteiger partial charge in [-0.25, -0.2) is 0 Å². The number of rotatable bonds is 1. The fourth-order valence-electron chi connectivity index (χ4n) is 11.3. The molecule has 6 aliphatic rings. The second-order valence-corrected chi connectivity index (χ2v) is 16.2. The monoisotopic (exact) mass is 545 g/mol. The van der Waals surface area contributed by atoms with Crippen LogP contribution in [0.2, 0.25) is 0 Å². The van der Waals surface area contributed by atoms with Crippen LogP contribution >= 0.6 is 0 Å². The summed E-state index contributed by atoms with van der Waals surface area (Å²) < 4.78 is 12.3. The Morgan fingerprint density at radius 3 is 2.33 bits per heavy atom. The summed E-state index contributed by atoms with van der Waals surface area (Å²) in [6, 6.07) is 2.27. The van der Waals surface area contributed by atoms with E-state index in [4.69, 9.17) is 9.15 Å². The van der Waals surface area contributed by atoms with Crippen molar-refractivity contribution in [3.05, 3.63) is 23.4 Å². The highest BCUT2D eigenvalue weighted by atomic mass is 16.6. The van der Waals surface area contributed by atoms with Crippen molar-refractivity contribution in [3.8, 4) is 6.07 Å². The lowest BCUT2D eigenvalue weighted by Crippen LogP contribution is -2.67. The molecule has 5 fully saturated rings. The molecule has 1 aromatic heterocycles. The van der Waals surface area contributed by atoms with Crippen LogP contribution in [0.3, 0.4) is 0 Å². The van der Waals surface area contributed by atoms with Crippen molar-refractivity contribution in [2.45, 2.75) is 117 Å². The third-order valence-electron chi connectivity index (χ3n) is 13.7. The number of nitriles is 1. The molecule has 0 radical (unpaired) electrons. The molecule has 0 bridgehead atoms. The Labute approximate surface area is 237 Å². The Hall–Kier alpha value is -2.33. The summed E-state index contributed by atoms with van der Waals surface area (Å²) in [4.78, 5) is 28.2. The highest BCUT2D eigenvalue weighted by Crippen LogP contribution is 2.77. The highest BCUT2D eigenvalue weighted by molar-refractivity contribution is 6.01. The van der Waals surface area contributed by atoms with E-state index in [2.05, 4.69) is 50.9 Å². The van der Waals surface area contributed by atoms with Crippen molar-refractivity contribution in [2.75, 3.05) is 0 Å². The Morgan fingerprint density at radius 1 is 0.975 bits per heavy atom. The highest BCUT2D eigenvalue weighted by Gasteiger charge is 2.82. The number of nitrogens with zero attached hydrogens (tertiary/aromatic N) is 3. The Kier molecular flexibility index (Phi) is 4.88. The summed E-state index contributed by atoms with van der Waals surface area (Å²) in [7, 11) is 0. The molecular formula is C33H43N3O4. The maximum absolute atomic E-state index is 14.7. The van der Waals surface area contributed by atoms with Gasteiger partial charge in [0.2, 0.25) is 17.4 Å². The van der Waals surface area contributed by atoms with Gasteiger partial charge in [-0.3, -0.25) is 9.59 Å². The van der Waals surface area contributed by atoms with E-state index in [1.807, 2.05) is 26.8 Å². The number of carbonyl (C=O) groups excluding carboxylic acids is 2. The number of allylic oxidation sites excluding steroid dienone is 1. The lowest BCUT2D eigenvalue weighted by Gasteiger charge is -2.69. The van der Waals surface area contributed by atoms with E-state index in [9.17, 15) is 14.9 Å². The van der Waals surface area contributed by atoms with Gasteiger partial charge in [0.05, 0.1) is 5.41 Å². The second kappa shape index (κ2) is 7.35. The molecule has 0 aromatic carbocycles. The predicted octanol–water partition coefficient (Wildman–Crippen LogP) is 6.06. The molecule has 5 aliphatic carbocycles. The molecule has 40 heavy (non-hydrogen) atoms. The molecule has 0 N–H and O–H groups in total. The minimum atomic E-state index is -1.39. The largest absolute Gasteiger partial charge is 0.425 e. The van der Waals surface area contributed by atoms with E-state index in [0.29, 0.717) is 11.8 Å². The quantitative estimate of drug-likeness (QED) is 0.395. The van der Waals surface area contributed by atoms with Crippen LogP contribution in [-0.2, 0) is 19.7 Å². The van der Waals surface area contributed by atoms with E-state index < -0.39 is 22.5 Å². The van der Waals surface area contributed by atoms with Gasteiger partial charge in [-0.15, -0.1) is 10.2 Å². The molecule has 7 heteroatoms. The van der Waals surface area contributed by atoms with Gasteiger partial charge in [-0.05, 0) is 79.1 Å². The van der Waals surface area contributed by atoms with Crippen molar-refractivity contribution in [1.82, 2.24) is 10.2 Å². The van der Waals surface area contributed by atoms with E-state index >= 15 is 0 Å². The molecule has 1 aromatic rings. The number of ether oxygens (including phenoxy) is 1. The van der Waals surface area contributed by atoms with E-state index in [1.54, 1.807) is 0 Å². The molecule has 0 spiro atoms. The molecule has 214 valence electrons. The van der Waals surface area contributed by atoms with Gasteiger partial charge in [-0.1, -0.05) is 54.0 Å². The standard InChI is InChI=1S/C33H43N3O4/c1-18-35-36-26(39-18)32-13-11-27(2,3)16-19(32)23-20(37)15-22-29(6,30(23,7)12-14-32)10-9-21-28(4,5)24(38)33(17-34)25(40-33)31(21,22)8/h15,19,21,23,25H,9-14,16H2,1-8H3/t19?,21-,23?,25+,29+,30+,31-,32-,33-/m0/s1. The summed E-state index contributed by atoms with van der Waals surface area (Å²) in [5.74, 6) is 1.38. The molecule has 7 nitrogen and oxygen atoms in total. The molecule has 2 heterocycles. The fourth-order valence-corrected chi connectivity index (χ4v) is 11.3. The van der Waals surface area contributed by atoms with Gasteiger partial charge in [0.25, 0.3) is 0 Å². The molecule has 1 aliphatic heterocycles. The zero-order valence-corrected chi connectivity index (χ0v) is 25.3. The van der Waals surface area contributed by atoms with Crippen molar-refractivity contribution >= 4 is 11.6 Å². The minimum absolute atomic E-state index is 0.0198. The lowest BCUT2D eigenvalue weighted by atomic mass is 9.33. The van der Waals surface area contributed by atoms with E-state index in [1.165, 1.54) is 0 Å². The normalized spacial score (nSPS) is 49.8. The first kappa shape index (κ1) is 26.6. The van der Waals surface area contributed by atoms with Gasteiger partial charge in [0.15, 0.2) is 11.6 Å². The molecule has 1 saturated heterocycles. The van der Waals surface area contributed by atoms with Gasteiger partial charge >= 0.3 is 0 Å². The molecule has 7 rings (SSSR count). The minimum Gasteiger partial charge on any atom is -0.425 e. The number of hydrogen-bond donors (Lipinski definition) is 0. The van der Waals surface area contributed by atoms with Crippen LogP contribution in [0.25, 0.3) is 0 Å². The van der Waals surface area contributed by atoms with Crippen LogP contribution in [0.4, 0.5) is 0 Å². The summed E-state index contributed by atoms with van der Waals surface area (Å²) in [6.45, 7) is 17.4. The second-order valence-electron chi connectivity index (χ2n) is 16.2. The maximum atomic E-state index is 14.7. The van der Waals surface area contributed by atoms with E-state index in [0.717, 1.165) is 50.5 Å². The van der Waals surface area contributed by atoms with Gasteiger partial charge in [0, 0.05) is 23.7 Å². The van der Waals surface area contributed by atoms with Crippen LogP contribution in [0.15, 0.2) is 16.1 Å². The zero-order valence-electron chi connectivity index (χ0n) is 25.3. The van der Waals surface area contributed by atoms with Crippen molar-refractivity contribution < 1.29 is 18.7 Å². The fraction of sp³-hybridized carbons (Fsp3) is 0.788. The van der Waals surface area contributed by atoms with Gasteiger partial charge in [-0.2, -0.15) is 5.26 Å². The average Bonchev–Trinajstić information content (AvgIpc) is 3.50. The predicted molar refractivity (Wildman–Crippen MR) is 147 cm³/mol. The summed E-state index contributed by atoms with van der Waals surface area (Å²) >= 11 is 0. The van der Waals surface area contributed by atoms with Crippen molar-refractivity contribution in [1.29, 1.82) is 5.26 Å². The van der Waals surface area contributed by atoms with Crippen LogP contribution < -0.4 is 0 Å². The van der Waals surface area contributed by atoms with Crippen LogP contribution in [-0.4, -0.2) is 33.5 Å². The summed E-state index contributed by atoms with van der Waals surface area (Å²) in [5.41, 5.74) is -2.20. The molecule has 0 amide bonds. The Morgan fingerprint density at radius 2 is 1.68 bits per heavy atom. The van der Waals surface area contributed by atoms with Crippen LogP contribution in [0.1, 0.15) is 105 Å². The molecule has 9 atom stereocenters. The third-order valence-corrected chi connectivity index (χ3v) is 13.7. The number of carbonyl (C=O) groups is 2. The maximum Gasteiger partial charge on any atom is 0.240 e. The number of aromatic nitrogens is 2. The van der Waals surface area contributed by atoms with Crippen molar-refractivity contribution in [3.63, 3.8) is 0 Å². The number of Topliss-reactive ketones (excluding diaryl/α,β-unsaturated/α-hetero) is 1. The van der Waals surface area contributed by atoms with Crippen molar-refractivity contribution in [2.24, 2.45) is 44.8 Å². The van der Waals surface area contributed by atoms with E-state index in [-0.39, 0.29) is 51.0 Å². The number of ketones is 2. The first-order chi connectivity index (χ1) is 18.5. The molecule has 4 saturated carbocycles. The molecule has 2 unspecified atom stereocenters. The SMILES string of the molecule is Cc1nnc([C@]23CCC(C)(C)CC2C2C(=O)C=C4[C@@]5(C)[C@H]6O[C@@]6(C#N)C(=O)C(C)(C)[C@@H]5CC[C@@]4(C)[C@]2(C)CC3)o1. The average molecular weight is 546 g/mol. The first-order valence-electron chi connectivity index (χ1n) is 15.2. The number of fused-ring (bicyclic) bond motifs is 9. The zero-order chi connectivity index (χ0) is 28.9. The topological polar surface area (TPSA) is 109 Å². The van der Waals surface area contributed by atoms with Crippen LogP contribution in [0.5, 0.6) is 0 Å². The number of epoxide rings is 1. The van der Waals surface area contributed by atoms with Gasteiger partial charge < -0.3 is 9.15 Å². The summed E-state index contributed by atoms with van der Waals surface area (Å²) in [6.07, 6.45) is 8.06. The third kappa shape index (κ3) is 2.76. The first-order valence-corrected chi connectivity index (χ1v) is 15.2. The summed E-state index contributed by atoms with van der Waals surface area (Å²) in [5, 5.41) is 19.0.